The Balaban J connectivity index is 1.67. The second-order valence-electron chi connectivity index (χ2n) is 8.98. The Morgan fingerprint density at radius 2 is 1.60 bits per heavy atom. The number of likely N-dealkylation sites (tertiary alicyclic amines) is 1. The molecule has 1 aliphatic heterocycles. The second kappa shape index (κ2) is 7.17. The van der Waals surface area contributed by atoms with E-state index in [4.69, 9.17) is 9.97 Å². The van der Waals surface area contributed by atoms with Crippen LogP contribution in [0.2, 0.25) is 0 Å². The molecule has 8 heteroatoms. The third-order valence-corrected chi connectivity index (χ3v) is 7.47. The lowest BCUT2D eigenvalue weighted by Gasteiger charge is -2.40. The Morgan fingerprint density at radius 3 is 2.26 bits per heavy atom. The molecule has 0 unspecified atom stereocenters. The summed E-state index contributed by atoms with van der Waals surface area (Å²) in [6.07, 6.45) is 0. The molecule has 8 nitrogen and oxygen atoms in total. The number of benzene rings is 3. The number of hydrogen-bond donors (Lipinski definition) is 0. The van der Waals surface area contributed by atoms with Gasteiger partial charge in [-0.3, -0.25) is 15.0 Å². The summed E-state index contributed by atoms with van der Waals surface area (Å²) < 4.78 is 0. The largest absolute Gasteiger partial charge is 0.289 e. The highest BCUT2D eigenvalue weighted by Gasteiger charge is 2.70. The molecule has 0 radical (unpaired) electrons. The van der Waals surface area contributed by atoms with E-state index in [1.807, 2.05) is 60.5 Å². The molecule has 1 saturated heterocycles. The smallest absolute Gasteiger partial charge is 0.269 e. The lowest BCUT2D eigenvalue weighted by Crippen LogP contribution is -2.49. The van der Waals surface area contributed by atoms with E-state index in [-0.39, 0.29) is 5.69 Å². The molecule has 1 spiro atoms. The Hall–Kier alpha value is -4.66. The van der Waals surface area contributed by atoms with Crippen molar-refractivity contribution >= 4 is 16.7 Å². The van der Waals surface area contributed by atoms with Crippen molar-refractivity contribution in [1.29, 1.82) is 10.5 Å². The van der Waals surface area contributed by atoms with Gasteiger partial charge in [0.2, 0.25) is 0 Å². The first-order chi connectivity index (χ1) is 17.0. The summed E-state index contributed by atoms with van der Waals surface area (Å²) in [5, 5.41) is 32.7. The number of likely N-dealkylation sites (N-methyl/N-ethyl adjacent to an activating group) is 1. The molecular weight excluding hydrogens is 440 g/mol. The number of nitro groups is 1. The van der Waals surface area contributed by atoms with Crippen LogP contribution < -0.4 is 0 Å². The molecule has 168 valence electrons. The summed E-state index contributed by atoms with van der Waals surface area (Å²) in [6, 6.07) is 26.2. The number of aromatic nitrogens is 2. The normalized spacial score (nSPS) is 21.9. The van der Waals surface area contributed by atoms with E-state index in [1.165, 1.54) is 12.1 Å². The molecule has 35 heavy (non-hydrogen) atoms. The molecule has 2 heterocycles. The van der Waals surface area contributed by atoms with Gasteiger partial charge in [-0.2, -0.15) is 10.5 Å². The fraction of sp³-hybridized carbons (Fsp3) is 0.185. The van der Waals surface area contributed by atoms with Crippen LogP contribution in [0.1, 0.15) is 22.7 Å². The molecule has 6 rings (SSSR count). The van der Waals surface area contributed by atoms with Gasteiger partial charge < -0.3 is 0 Å². The highest BCUT2D eigenvalue weighted by Crippen LogP contribution is 2.65. The number of nitriles is 2. The maximum atomic E-state index is 11.2. The minimum absolute atomic E-state index is 0.0387. The van der Waals surface area contributed by atoms with E-state index in [1.54, 1.807) is 12.1 Å². The Bertz CT molecular complexity index is 1600. The van der Waals surface area contributed by atoms with Gasteiger partial charge in [-0.05, 0) is 30.3 Å². The third-order valence-electron chi connectivity index (χ3n) is 7.47. The van der Waals surface area contributed by atoms with Crippen molar-refractivity contribution in [2.45, 2.75) is 11.5 Å². The first-order valence-electron chi connectivity index (χ1n) is 11.1. The van der Waals surface area contributed by atoms with Crippen LogP contribution >= 0.6 is 0 Å². The predicted molar refractivity (Wildman–Crippen MR) is 128 cm³/mol. The van der Waals surface area contributed by atoms with Gasteiger partial charge in [0.1, 0.15) is 5.54 Å². The van der Waals surface area contributed by atoms with Crippen LogP contribution in [-0.2, 0) is 5.54 Å². The maximum absolute atomic E-state index is 11.2. The molecular formula is C27H18N6O2. The van der Waals surface area contributed by atoms with Gasteiger partial charge in [0, 0.05) is 30.2 Å². The number of rotatable bonds is 2. The summed E-state index contributed by atoms with van der Waals surface area (Å²) in [4.78, 5) is 22.7. The molecule has 1 fully saturated rings. The summed E-state index contributed by atoms with van der Waals surface area (Å²) in [6.45, 7) is 0.390. The van der Waals surface area contributed by atoms with Gasteiger partial charge in [-0.15, -0.1) is 0 Å². The Kier molecular flexibility index (Phi) is 4.28. The van der Waals surface area contributed by atoms with Crippen LogP contribution in [0.25, 0.3) is 22.3 Å². The van der Waals surface area contributed by atoms with E-state index in [9.17, 15) is 20.6 Å². The number of fused-ring (bicyclic) bond motifs is 6. The van der Waals surface area contributed by atoms with Crippen LogP contribution in [0, 0.1) is 38.2 Å². The van der Waals surface area contributed by atoms with Gasteiger partial charge in [0.25, 0.3) is 5.69 Å². The highest BCUT2D eigenvalue weighted by molar-refractivity contribution is 5.85. The minimum atomic E-state index is -1.56. The molecule has 0 amide bonds. The van der Waals surface area contributed by atoms with Crippen molar-refractivity contribution in [2.24, 2.45) is 5.41 Å². The average molecular weight is 458 g/mol. The van der Waals surface area contributed by atoms with E-state index >= 15 is 0 Å². The molecule has 2 aliphatic rings. The van der Waals surface area contributed by atoms with E-state index in [0.717, 1.165) is 16.6 Å². The number of nitro benzene ring substituents is 1. The van der Waals surface area contributed by atoms with E-state index < -0.39 is 21.8 Å². The monoisotopic (exact) mass is 458 g/mol. The van der Waals surface area contributed by atoms with Crippen molar-refractivity contribution in [3.63, 3.8) is 0 Å². The summed E-state index contributed by atoms with van der Waals surface area (Å²) in [5.74, 6) is -0.532. The molecule has 1 aliphatic carbocycles. The van der Waals surface area contributed by atoms with Crippen LogP contribution in [0.4, 0.5) is 5.69 Å². The Morgan fingerprint density at radius 1 is 0.971 bits per heavy atom. The summed E-state index contributed by atoms with van der Waals surface area (Å²) in [5.41, 5.74) is 2.30. The van der Waals surface area contributed by atoms with E-state index in [0.29, 0.717) is 29.0 Å². The summed E-state index contributed by atoms with van der Waals surface area (Å²) >= 11 is 0. The minimum Gasteiger partial charge on any atom is -0.289 e. The van der Waals surface area contributed by atoms with Crippen molar-refractivity contribution in [2.75, 3.05) is 13.6 Å². The molecule has 2 atom stereocenters. The second-order valence-corrected chi connectivity index (χ2v) is 8.98. The molecule has 0 N–H and O–H groups in total. The number of hydrogen-bond acceptors (Lipinski definition) is 7. The molecule has 0 bridgehead atoms. The fourth-order valence-corrected chi connectivity index (χ4v) is 5.99. The standard InChI is InChI=1S/C27H18N6O2/c1-32-14-21(17-10-12-18(13-11-17)33(34)35)26(15-28,16-29)27(32)20-7-3-2-6-19(20)24-25(27)31-23-9-5-4-8-22(23)30-24/h2-13,21H,14H2,1H3/t21-,27-/m1/s1. The number of para-hydroxylation sites is 2. The number of nitrogens with zero attached hydrogens (tertiary/aromatic N) is 6. The van der Waals surface area contributed by atoms with Gasteiger partial charge >= 0.3 is 0 Å². The van der Waals surface area contributed by atoms with Crippen LogP contribution in [0.3, 0.4) is 0 Å². The zero-order valence-electron chi connectivity index (χ0n) is 18.7. The maximum Gasteiger partial charge on any atom is 0.269 e. The molecule has 4 aromatic rings. The predicted octanol–water partition coefficient (Wildman–Crippen LogP) is 4.52. The fourth-order valence-electron chi connectivity index (χ4n) is 5.99. The molecule has 3 aromatic carbocycles. The topological polar surface area (TPSA) is 120 Å². The summed E-state index contributed by atoms with van der Waals surface area (Å²) in [7, 11) is 1.90. The van der Waals surface area contributed by atoms with Crippen LogP contribution in [0.15, 0.2) is 72.8 Å². The lowest BCUT2D eigenvalue weighted by atomic mass is 9.62. The quantitative estimate of drug-likeness (QED) is 0.320. The van der Waals surface area contributed by atoms with Gasteiger partial charge in [-0.25, -0.2) is 9.97 Å². The first-order valence-corrected chi connectivity index (χ1v) is 11.1. The van der Waals surface area contributed by atoms with Crippen molar-refractivity contribution in [3.05, 3.63) is 99.7 Å². The van der Waals surface area contributed by atoms with Crippen molar-refractivity contribution in [3.8, 4) is 23.4 Å². The zero-order chi connectivity index (χ0) is 24.4. The van der Waals surface area contributed by atoms with Crippen LogP contribution in [0.5, 0.6) is 0 Å². The van der Waals surface area contributed by atoms with Gasteiger partial charge in [0.05, 0.1) is 39.5 Å². The van der Waals surface area contributed by atoms with E-state index in [2.05, 4.69) is 12.1 Å². The zero-order valence-corrected chi connectivity index (χ0v) is 18.7. The van der Waals surface area contributed by atoms with Gasteiger partial charge in [-0.1, -0.05) is 48.5 Å². The third kappa shape index (κ3) is 2.46. The van der Waals surface area contributed by atoms with Gasteiger partial charge in [0.15, 0.2) is 5.41 Å². The molecule has 1 aromatic heterocycles. The first kappa shape index (κ1) is 20.9. The Labute approximate surface area is 200 Å². The highest BCUT2D eigenvalue weighted by atomic mass is 16.6. The van der Waals surface area contributed by atoms with Crippen molar-refractivity contribution in [1.82, 2.24) is 14.9 Å². The SMILES string of the molecule is CN1C[C@H](c2ccc([N+](=O)[O-])cc2)C(C#N)(C#N)[C@]12c1ccccc1-c1nc3ccccc3nc12. The average Bonchev–Trinajstić information content (AvgIpc) is 3.33. The molecule has 0 saturated carbocycles. The lowest BCUT2D eigenvalue weighted by molar-refractivity contribution is -0.384. The number of non-ortho nitro benzene ring substituents is 1. The van der Waals surface area contributed by atoms with Crippen molar-refractivity contribution < 1.29 is 4.92 Å². The van der Waals surface area contributed by atoms with Crippen LogP contribution in [-0.4, -0.2) is 33.4 Å².